The molecule has 0 aromatic heterocycles. The molecule has 1 aliphatic rings. The Balaban J connectivity index is 1.15. The molecule has 4 atom stereocenters. The molecule has 1 amide bonds. The molecule has 4 unspecified atom stereocenters. The van der Waals surface area contributed by atoms with Crippen LogP contribution in [0.2, 0.25) is 0 Å². The molecular weight excluding hydrogens is 725 g/mol. The fourth-order valence-corrected chi connectivity index (χ4v) is 8.35. The van der Waals surface area contributed by atoms with Crippen LogP contribution in [-0.2, 0) is 43.9 Å². The lowest BCUT2D eigenvalue weighted by Crippen LogP contribution is -2.47. The first kappa shape index (κ1) is 38.9. The van der Waals surface area contributed by atoms with Gasteiger partial charge in [0.1, 0.15) is 6.04 Å². The van der Waals surface area contributed by atoms with Crippen molar-refractivity contribution < 1.29 is 37.7 Å². The van der Waals surface area contributed by atoms with Crippen molar-refractivity contribution in [2.24, 2.45) is 0 Å². The Kier molecular flexibility index (Phi) is 13.0. The maximum absolute atomic E-state index is 13.5. The minimum atomic E-state index is -3.98. The molecule has 0 aliphatic carbocycles. The summed E-state index contributed by atoms with van der Waals surface area (Å²) in [7, 11) is -3.98. The number of hydrogen-bond acceptors (Lipinski definition) is 8. The Labute approximate surface area is 319 Å². The first-order valence-corrected chi connectivity index (χ1v) is 20.0. The third-order valence-corrected chi connectivity index (χ3v) is 11.8. The normalized spacial score (nSPS) is 17.8. The minimum absolute atomic E-state index is 0.0662. The molecular formula is C42H42N2O8S2. The molecule has 1 fully saturated rings. The molecule has 12 heteroatoms. The van der Waals surface area contributed by atoms with Crippen molar-refractivity contribution in [3.63, 3.8) is 0 Å². The van der Waals surface area contributed by atoms with Crippen LogP contribution in [0.5, 0.6) is 0 Å². The van der Waals surface area contributed by atoms with E-state index < -0.39 is 34.2 Å². The van der Waals surface area contributed by atoms with Crippen LogP contribution in [0.3, 0.4) is 0 Å². The van der Waals surface area contributed by atoms with Crippen molar-refractivity contribution >= 4 is 33.7 Å². The summed E-state index contributed by atoms with van der Waals surface area (Å²) in [6.45, 7) is 1.96. The van der Waals surface area contributed by atoms with E-state index in [2.05, 4.69) is 10.0 Å². The van der Waals surface area contributed by atoms with E-state index in [0.29, 0.717) is 17.1 Å². The molecule has 6 rings (SSSR count). The van der Waals surface area contributed by atoms with Gasteiger partial charge in [0, 0.05) is 29.2 Å². The van der Waals surface area contributed by atoms with E-state index >= 15 is 0 Å². The van der Waals surface area contributed by atoms with Gasteiger partial charge in [-0.1, -0.05) is 109 Å². The second kappa shape index (κ2) is 18.0. The summed E-state index contributed by atoms with van der Waals surface area (Å²) in [5, 5.41) is 22.1. The first-order valence-electron chi connectivity index (χ1n) is 17.5. The number of rotatable bonds is 15. The number of carboxylic acid groups (broad SMARTS) is 1. The molecule has 4 N–H and O–H groups in total. The number of carbonyl (C=O) groups excluding carboxylic acids is 1. The molecule has 1 aliphatic heterocycles. The number of carbonyl (C=O) groups is 2. The van der Waals surface area contributed by atoms with Crippen LogP contribution in [0.25, 0.3) is 0 Å². The smallest absolute Gasteiger partial charge is 0.336 e. The quantitative estimate of drug-likeness (QED) is 0.0851. The number of carboxylic acids is 1. The van der Waals surface area contributed by atoms with Gasteiger partial charge in [-0.15, -0.1) is 11.8 Å². The van der Waals surface area contributed by atoms with Gasteiger partial charge in [0.2, 0.25) is 15.9 Å². The summed E-state index contributed by atoms with van der Waals surface area (Å²) in [4.78, 5) is 26.1. The lowest BCUT2D eigenvalue weighted by Gasteiger charge is -2.36. The average Bonchev–Trinajstić information content (AvgIpc) is 3.19. The standard InChI is InChI=1S/C42H42N2O8S2/c1-28-11-21-35(22-12-28)54(49,50)44-37(23-29-7-3-2-4-8-29)40(46)43-25-30-13-19-33(20-14-30)42-51-34(27-53-39-10-6-5-9-36(39)41(47)48)24-38(52-42)32-17-15-31(26-45)16-18-32/h2-22,34,37-38,42,44-45H,23-27H2,1H3,(H,43,46)(H,47,48). The molecule has 0 radical (unpaired) electrons. The van der Waals surface area contributed by atoms with Crippen LogP contribution in [0.1, 0.15) is 62.6 Å². The Bertz CT molecular complexity index is 2130. The molecule has 1 saturated heterocycles. The van der Waals surface area contributed by atoms with Gasteiger partial charge < -0.3 is 25.0 Å². The lowest BCUT2D eigenvalue weighted by atomic mass is 10.0. The molecule has 5 aromatic carbocycles. The third kappa shape index (κ3) is 10.2. The molecule has 0 spiro atoms. The molecule has 54 heavy (non-hydrogen) atoms. The van der Waals surface area contributed by atoms with E-state index in [9.17, 15) is 28.2 Å². The Morgan fingerprint density at radius 3 is 2.13 bits per heavy atom. The maximum atomic E-state index is 13.5. The van der Waals surface area contributed by atoms with Gasteiger partial charge in [0.25, 0.3) is 0 Å². The van der Waals surface area contributed by atoms with Gasteiger partial charge in [-0.25, -0.2) is 13.2 Å². The number of aliphatic hydroxyl groups is 1. The Hall–Kier alpha value is -4.82. The van der Waals surface area contributed by atoms with Crippen molar-refractivity contribution in [2.45, 2.75) is 67.2 Å². The fourth-order valence-electron chi connectivity index (χ4n) is 6.09. The summed E-state index contributed by atoms with van der Waals surface area (Å²) >= 11 is 1.42. The highest BCUT2D eigenvalue weighted by atomic mass is 32.2. The first-order chi connectivity index (χ1) is 26.1. The zero-order chi connectivity index (χ0) is 38.1. The number of aryl methyl sites for hydroxylation is 1. The van der Waals surface area contributed by atoms with Crippen molar-refractivity contribution in [1.29, 1.82) is 0 Å². The van der Waals surface area contributed by atoms with Gasteiger partial charge >= 0.3 is 5.97 Å². The number of thioether (sulfide) groups is 1. The van der Waals surface area contributed by atoms with Crippen molar-refractivity contribution in [3.05, 3.63) is 166 Å². The predicted octanol–water partition coefficient (Wildman–Crippen LogP) is 6.73. The number of benzene rings is 5. The maximum Gasteiger partial charge on any atom is 0.336 e. The summed E-state index contributed by atoms with van der Waals surface area (Å²) in [6.07, 6.45) is -0.614. The topological polar surface area (TPSA) is 151 Å². The molecule has 280 valence electrons. The summed E-state index contributed by atoms with van der Waals surface area (Å²) in [6, 6.07) is 36.6. The van der Waals surface area contributed by atoms with E-state index in [0.717, 1.165) is 33.4 Å². The Morgan fingerprint density at radius 1 is 0.796 bits per heavy atom. The van der Waals surface area contributed by atoms with Crippen LogP contribution >= 0.6 is 11.8 Å². The monoisotopic (exact) mass is 766 g/mol. The van der Waals surface area contributed by atoms with E-state index in [1.54, 1.807) is 30.3 Å². The molecule has 0 bridgehead atoms. The molecule has 1 heterocycles. The predicted molar refractivity (Wildman–Crippen MR) is 206 cm³/mol. The average molecular weight is 767 g/mol. The van der Waals surface area contributed by atoms with Crippen LogP contribution in [0.4, 0.5) is 0 Å². The minimum Gasteiger partial charge on any atom is -0.478 e. The number of hydrogen-bond donors (Lipinski definition) is 4. The summed E-state index contributed by atoms with van der Waals surface area (Å²) < 4.78 is 42.1. The van der Waals surface area contributed by atoms with Gasteiger partial charge in [-0.2, -0.15) is 4.72 Å². The summed E-state index contributed by atoms with van der Waals surface area (Å²) in [5.41, 5.74) is 5.24. The second-order valence-electron chi connectivity index (χ2n) is 13.1. The van der Waals surface area contributed by atoms with E-state index in [1.165, 1.54) is 23.9 Å². The SMILES string of the molecule is Cc1ccc(S(=O)(=O)NC(Cc2ccccc2)C(=O)NCc2ccc(C3OC(CSc4ccccc4C(=O)O)CC(c4ccc(CO)cc4)O3)cc2)cc1. The highest BCUT2D eigenvalue weighted by Gasteiger charge is 2.33. The number of amides is 1. The van der Waals surface area contributed by atoms with E-state index in [-0.39, 0.29) is 42.2 Å². The summed E-state index contributed by atoms with van der Waals surface area (Å²) in [5.74, 6) is -0.952. The molecule has 0 saturated carbocycles. The number of aliphatic hydroxyl groups excluding tert-OH is 1. The second-order valence-corrected chi connectivity index (χ2v) is 15.9. The van der Waals surface area contributed by atoms with Gasteiger partial charge in [-0.3, -0.25) is 4.79 Å². The third-order valence-electron chi connectivity index (χ3n) is 9.10. The van der Waals surface area contributed by atoms with E-state index in [1.807, 2.05) is 91.9 Å². The van der Waals surface area contributed by atoms with Crippen LogP contribution in [0, 0.1) is 6.92 Å². The molecule has 10 nitrogen and oxygen atoms in total. The van der Waals surface area contributed by atoms with Crippen molar-refractivity contribution in [3.8, 4) is 0 Å². The van der Waals surface area contributed by atoms with Crippen LogP contribution in [0.15, 0.2) is 137 Å². The largest absolute Gasteiger partial charge is 0.478 e. The van der Waals surface area contributed by atoms with Crippen molar-refractivity contribution in [1.82, 2.24) is 10.0 Å². The van der Waals surface area contributed by atoms with Crippen LogP contribution < -0.4 is 10.0 Å². The number of nitrogens with one attached hydrogen (secondary N) is 2. The Morgan fingerprint density at radius 2 is 1.44 bits per heavy atom. The molecule has 5 aromatic rings. The fraction of sp³-hybridized carbons (Fsp3) is 0.238. The van der Waals surface area contributed by atoms with Crippen LogP contribution in [-0.4, -0.2) is 48.4 Å². The van der Waals surface area contributed by atoms with E-state index in [4.69, 9.17) is 9.47 Å². The van der Waals surface area contributed by atoms with Gasteiger partial charge in [0.15, 0.2) is 6.29 Å². The zero-order valence-electron chi connectivity index (χ0n) is 29.6. The lowest BCUT2D eigenvalue weighted by molar-refractivity contribution is -0.245. The van der Waals surface area contributed by atoms with Gasteiger partial charge in [0.05, 0.1) is 29.3 Å². The number of ether oxygens (including phenoxy) is 2. The highest BCUT2D eigenvalue weighted by molar-refractivity contribution is 7.99. The zero-order valence-corrected chi connectivity index (χ0v) is 31.3. The number of aromatic carboxylic acids is 1. The number of sulfonamides is 1. The highest BCUT2D eigenvalue weighted by Crippen LogP contribution is 2.40. The van der Waals surface area contributed by atoms with Crippen molar-refractivity contribution in [2.75, 3.05) is 5.75 Å². The van der Waals surface area contributed by atoms with Gasteiger partial charge in [-0.05, 0) is 59.9 Å².